The molecule has 1 atom stereocenters. The number of nitriles is 1. The fourth-order valence-electron chi connectivity index (χ4n) is 0.940. The summed E-state index contributed by atoms with van der Waals surface area (Å²) in [4.78, 5) is 0. The molecule has 0 aromatic rings. The van der Waals surface area contributed by atoms with Gasteiger partial charge in [-0.25, -0.2) is 0 Å². The minimum atomic E-state index is -0.291. The Morgan fingerprint density at radius 2 is 2.00 bits per heavy atom. The van der Waals surface area contributed by atoms with Gasteiger partial charge in [-0.1, -0.05) is 48.5 Å². The summed E-state index contributed by atoms with van der Waals surface area (Å²) >= 11 is 3.37. The Balaban J connectivity index is 3.32. The van der Waals surface area contributed by atoms with Crippen molar-refractivity contribution >= 4 is 15.9 Å². The van der Waals surface area contributed by atoms with Crippen LogP contribution in [0.4, 0.5) is 0 Å². The van der Waals surface area contributed by atoms with Crippen LogP contribution in [0.15, 0.2) is 0 Å². The number of unbranched alkanes of at least 4 members (excludes halogenated alkanes) is 3. The number of halogens is 1. The van der Waals surface area contributed by atoms with Crippen molar-refractivity contribution in [2.45, 2.75) is 50.3 Å². The number of hydrogen-bond donors (Lipinski definition) is 0. The second-order valence-corrected chi connectivity index (χ2v) is 4.87. The Kier molecular flexibility index (Phi) is 5.58. The Bertz CT molecular complexity index is 135. The molecule has 0 aromatic carbocycles. The van der Waals surface area contributed by atoms with E-state index in [0.717, 1.165) is 12.8 Å². The highest BCUT2D eigenvalue weighted by molar-refractivity contribution is 9.10. The van der Waals surface area contributed by atoms with Crippen LogP contribution in [-0.2, 0) is 0 Å². The molecule has 0 aromatic heterocycles. The topological polar surface area (TPSA) is 23.8 Å². The Hall–Kier alpha value is -0.0300. The first-order valence-electron chi connectivity index (χ1n) is 4.22. The van der Waals surface area contributed by atoms with Gasteiger partial charge in [0.1, 0.15) is 4.32 Å². The van der Waals surface area contributed by atoms with Crippen molar-refractivity contribution < 1.29 is 0 Å². The van der Waals surface area contributed by atoms with Crippen molar-refractivity contribution in [3.63, 3.8) is 0 Å². The van der Waals surface area contributed by atoms with Crippen LogP contribution in [0.1, 0.15) is 46.0 Å². The van der Waals surface area contributed by atoms with Crippen molar-refractivity contribution in [1.29, 1.82) is 5.26 Å². The molecule has 64 valence electrons. The molecule has 11 heavy (non-hydrogen) atoms. The largest absolute Gasteiger partial charge is 0.197 e. The van der Waals surface area contributed by atoms with E-state index in [1.165, 1.54) is 19.3 Å². The first-order chi connectivity index (χ1) is 5.12. The quantitative estimate of drug-likeness (QED) is 0.510. The van der Waals surface area contributed by atoms with Crippen molar-refractivity contribution in [3.8, 4) is 6.07 Å². The first kappa shape index (κ1) is 11.0. The third-order valence-corrected chi connectivity index (χ3v) is 2.31. The van der Waals surface area contributed by atoms with E-state index in [4.69, 9.17) is 5.26 Å². The van der Waals surface area contributed by atoms with E-state index in [1.807, 2.05) is 6.92 Å². The maximum atomic E-state index is 8.65. The zero-order valence-corrected chi connectivity index (χ0v) is 8.95. The van der Waals surface area contributed by atoms with Gasteiger partial charge in [-0.2, -0.15) is 5.26 Å². The van der Waals surface area contributed by atoms with Crippen LogP contribution in [0.2, 0.25) is 0 Å². The second-order valence-electron chi connectivity index (χ2n) is 3.12. The van der Waals surface area contributed by atoms with Crippen LogP contribution >= 0.6 is 15.9 Å². The summed E-state index contributed by atoms with van der Waals surface area (Å²) in [5.41, 5.74) is 0. The standard InChI is InChI=1S/C9H16BrN/c1-3-4-5-6-7-9(2,10)8-11/h3-7H2,1-2H3. The zero-order valence-electron chi connectivity index (χ0n) is 7.36. The SMILES string of the molecule is CCCCCCC(C)(Br)C#N. The molecule has 0 aliphatic heterocycles. The zero-order chi connectivity index (χ0) is 8.74. The Labute approximate surface area is 77.9 Å². The molecular formula is C9H16BrN. The maximum Gasteiger partial charge on any atom is 0.109 e. The van der Waals surface area contributed by atoms with E-state index in [1.54, 1.807) is 0 Å². The number of hydrogen-bond acceptors (Lipinski definition) is 1. The van der Waals surface area contributed by atoms with E-state index < -0.39 is 0 Å². The fourth-order valence-corrected chi connectivity index (χ4v) is 1.22. The summed E-state index contributed by atoms with van der Waals surface area (Å²) in [5, 5.41) is 8.65. The van der Waals surface area contributed by atoms with E-state index in [2.05, 4.69) is 28.9 Å². The number of alkyl halides is 1. The molecule has 0 aliphatic rings. The van der Waals surface area contributed by atoms with E-state index in [-0.39, 0.29) is 4.32 Å². The maximum absolute atomic E-state index is 8.65. The summed E-state index contributed by atoms with van der Waals surface area (Å²) < 4.78 is -0.291. The molecule has 0 fully saturated rings. The van der Waals surface area contributed by atoms with Crippen LogP contribution < -0.4 is 0 Å². The van der Waals surface area contributed by atoms with Gasteiger partial charge in [0, 0.05) is 0 Å². The molecule has 0 aliphatic carbocycles. The van der Waals surface area contributed by atoms with Crippen LogP contribution in [0.5, 0.6) is 0 Å². The molecule has 0 radical (unpaired) electrons. The van der Waals surface area contributed by atoms with Gasteiger partial charge >= 0.3 is 0 Å². The molecule has 0 rings (SSSR count). The van der Waals surface area contributed by atoms with Crippen molar-refractivity contribution in [1.82, 2.24) is 0 Å². The smallest absolute Gasteiger partial charge is 0.109 e. The molecule has 1 unspecified atom stereocenters. The highest BCUT2D eigenvalue weighted by Gasteiger charge is 2.17. The first-order valence-corrected chi connectivity index (χ1v) is 5.02. The van der Waals surface area contributed by atoms with Crippen LogP contribution in [0.3, 0.4) is 0 Å². The molecule has 0 saturated heterocycles. The third kappa shape index (κ3) is 6.37. The molecule has 0 bridgehead atoms. The van der Waals surface area contributed by atoms with E-state index in [9.17, 15) is 0 Å². The third-order valence-electron chi connectivity index (χ3n) is 1.73. The van der Waals surface area contributed by atoms with Crippen LogP contribution in [-0.4, -0.2) is 4.32 Å². The molecule has 2 heteroatoms. The van der Waals surface area contributed by atoms with Gasteiger partial charge in [-0.05, 0) is 13.3 Å². The average molecular weight is 218 g/mol. The minimum absolute atomic E-state index is 0.291. The number of nitrogens with zero attached hydrogens (tertiary/aromatic N) is 1. The van der Waals surface area contributed by atoms with E-state index in [0.29, 0.717) is 0 Å². The van der Waals surface area contributed by atoms with Gasteiger partial charge in [0.05, 0.1) is 6.07 Å². The number of rotatable bonds is 5. The highest BCUT2D eigenvalue weighted by atomic mass is 79.9. The van der Waals surface area contributed by atoms with Crippen molar-refractivity contribution in [2.75, 3.05) is 0 Å². The fraction of sp³-hybridized carbons (Fsp3) is 0.889. The highest BCUT2D eigenvalue weighted by Crippen LogP contribution is 2.23. The lowest BCUT2D eigenvalue weighted by molar-refractivity contribution is 0.598. The second kappa shape index (κ2) is 5.60. The summed E-state index contributed by atoms with van der Waals surface area (Å²) in [5.74, 6) is 0. The lowest BCUT2D eigenvalue weighted by Crippen LogP contribution is -2.11. The summed E-state index contributed by atoms with van der Waals surface area (Å²) in [6, 6.07) is 2.23. The summed E-state index contributed by atoms with van der Waals surface area (Å²) in [6.45, 7) is 4.12. The van der Waals surface area contributed by atoms with Crippen molar-refractivity contribution in [2.24, 2.45) is 0 Å². The van der Waals surface area contributed by atoms with Gasteiger partial charge in [0.2, 0.25) is 0 Å². The molecule has 0 N–H and O–H groups in total. The molecule has 1 nitrogen and oxygen atoms in total. The van der Waals surface area contributed by atoms with Crippen LogP contribution in [0.25, 0.3) is 0 Å². The normalized spacial score (nSPS) is 15.5. The lowest BCUT2D eigenvalue weighted by atomic mass is 10.0. The van der Waals surface area contributed by atoms with Gasteiger partial charge in [-0.15, -0.1) is 0 Å². The Morgan fingerprint density at radius 3 is 2.45 bits per heavy atom. The van der Waals surface area contributed by atoms with Gasteiger partial charge in [0.25, 0.3) is 0 Å². The molecular weight excluding hydrogens is 202 g/mol. The summed E-state index contributed by atoms with van der Waals surface area (Å²) in [6.07, 6.45) is 5.91. The minimum Gasteiger partial charge on any atom is -0.197 e. The molecule has 0 saturated carbocycles. The predicted octanol–water partition coefficient (Wildman–Crippen LogP) is 3.63. The van der Waals surface area contributed by atoms with Crippen molar-refractivity contribution in [3.05, 3.63) is 0 Å². The Morgan fingerprint density at radius 1 is 1.36 bits per heavy atom. The van der Waals surface area contributed by atoms with Crippen LogP contribution in [0, 0.1) is 11.3 Å². The predicted molar refractivity (Wildman–Crippen MR) is 51.7 cm³/mol. The summed E-state index contributed by atoms with van der Waals surface area (Å²) in [7, 11) is 0. The molecule has 0 amide bonds. The van der Waals surface area contributed by atoms with Gasteiger partial charge in [-0.3, -0.25) is 0 Å². The van der Waals surface area contributed by atoms with Gasteiger partial charge < -0.3 is 0 Å². The van der Waals surface area contributed by atoms with Gasteiger partial charge in [0.15, 0.2) is 0 Å². The molecule has 0 spiro atoms. The molecule has 0 heterocycles. The monoisotopic (exact) mass is 217 g/mol. The van der Waals surface area contributed by atoms with E-state index >= 15 is 0 Å². The average Bonchev–Trinajstić information content (AvgIpc) is 1.99. The lowest BCUT2D eigenvalue weighted by Gasteiger charge is -2.11.